The van der Waals surface area contributed by atoms with Crippen molar-refractivity contribution in [3.8, 4) is 5.75 Å². The summed E-state index contributed by atoms with van der Waals surface area (Å²) in [7, 11) is -1.07. The number of benzene rings is 2. The number of β-amino-alcohol motifs (C(OH)–C–C–N with tert-alkyl or cyclic N) is 1. The smallest absolute Gasteiger partial charge is 0.341 e. The highest BCUT2D eigenvalue weighted by Crippen LogP contribution is 2.33. The summed E-state index contributed by atoms with van der Waals surface area (Å²) < 4.78 is 39.9. The number of carboxylic acid groups (broad SMARTS) is 1. The van der Waals surface area contributed by atoms with Crippen LogP contribution in [0, 0.1) is 0 Å². The maximum Gasteiger partial charge on any atom is 0.341 e. The lowest BCUT2D eigenvalue weighted by atomic mass is 9.86. The molecule has 200 valence electrons. The minimum Gasteiger partial charge on any atom is -0.482 e. The van der Waals surface area contributed by atoms with E-state index in [1.54, 1.807) is 55.5 Å². The van der Waals surface area contributed by atoms with Gasteiger partial charge in [0.2, 0.25) is 5.96 Å². The molecule has 1 aliphatic heterocycles. The first-order valence-electron chi connectivity index (χ1n) is 11.5. The number of hydrogen-bond acceptors (Lipinski definition) is 8. The molecule has 0 saturated heterocycles. The maximum atomic E-state index is 13.0. The molecule has 12 nitrogen and oxygen atoms in total. The summed E-state index contributed by atoms with van der Waals surface area (Å²) in [6.45, 7) is 1.70. The van der Waals surface area contributed by atoms with Crippen LogP contribution in [0.4, 0.5) is 0 Å². The van der Waals surface area contributed by atoms with Gasteiger partial charge in [0.05, 0.1) is 13.2 Å². The lowest BCUT2D eigenvalue weighted by Gasteiger charge is -2.27. The topological polar surface area (TPSA) is 153 Å². The van der Waals surface area contributed by atoms with Gasteiger partial charge in [-0.2, -0.15) is 17.8 Å². The van der Waals surface area contributed by atoms with Gasteiger partial charge in [-0.25, -0.2) is 14.5 Å². The number of carbonyl (C=O) groups is 1. The molecule has 0 aliphatic carbocycles. The van der Waals surface area contributed by atoms with Crippen LogP contribution in [0.2, 0.25) is 0 Å². The second kappa shape index (κ2) is 12.1. The standard InChI is InChI=1S/C24H31N5O7S/c1-4-28(14-15-35-3)37(33,34)27-23(25-2)29-17-24(32,19-8-6-5-7-9-19)22(26-29)18-10-12-20(13-11-18)36-16-21(30)31/h5-13,32H,4,14-17H2,1-3H3,(H,25,27)(H,30,31). The highest BCUT2D eigenvalue weighted by atomic mass is 32.2. The van der Waals surface area contributed by atoms with Crippen molar-refractivity contribution >= 4 is 27.8 Å². The molecule has 3 N–H and O–H groups in total. The van der Waals surface area contributed by atoms with Crippen LogP contribution in [0.1, 0.15) is 18.1 Å². The number of ether oxygens (including phenoxy) is 2. The van der Waals surface area contributed by atoms with E-state index in [0.29, 0.717) is 16.9 Å². The Bertz CT molecular complexity index is 1240. The summed E-state index contributed by atoms with van der Waals surface area (Å²) in [5, 5.41) is 26.6. The number of likely N-dealkylation sites (N-methyl/N-ethyl adjacent to an activating group) is 1. The van der Waals surface area contributed by atoms with E-state index in [1.165, 1.54) is 23.5 Å². The molecular weight excluding hydrogens is 502 g/mol. The molecule has 0 saturated carbocycles. The van der Waals surface area contributed by atoms with Gasteiger partial charge >= 0.3 is 16.2 Å². The quantitative estimate of drug-likeness (QED) is 0.284. The van der Waals surface area contributed by atoms with Gasteiger partial charge in [0, 0.05) is 32.8 Å². The number of carboxylic acids is 1. The second-order valence-corrected chi connectivity index (χ2v) is 9.75. The Kier molecular flexibility index (Phi) is 9.21. The zero-order valence-electron chi connectivity index (χ0n) is 20.9. The molecule has 0 fully saturated rings. The number of methoxy groups -OCH3 is 1. The monoisotopic (exact) mass is 533 g/mol. The zero-order chi connectivity index (χ0) is 27.1. The van der Waals surface area contributed by atoms with E-state index in [9.17, 15) is 18.3 Å². The van der Waals surface area contributed by atoms with Gasteiger partial charge in [0.25, 0.3) is 0 Å². The lowest BCUT2D eigenvalue weighted by Crippen LogP contribution is -2.50. The predicted octanol–water partition coefficient (Wildman–Crippen LogP) is 0.846. The summed E-state index contributed by atoms with van der Waals surface area (Å²) in [4.78, 5) is 14.9. The molecule has 0 aromatic heterocycles. The van der Waals surface area contributed by atoms with Crippen molar-refractivity contribution < 1.29 is 32.9 Å². The Morgan fingerprint density at radius 1 is 1.22 bits per heavy atom. The molecule has 2 aromatic carbocycles. The van der Waals surface area contributed by atoms with Crippen LogP contribution in [-0.4, -0.2) is 92.6 Å². The van der Waals surface area contributed by atoms with E-state index in [1.807, 2.05) is 6.07 Å². The number of aliphatic hydroxyl groups is 1. The summed E-state index contributed by atoms with van der Waals surface area (Å²) >= 11 is 0. The summed E-state index contributed by atoms with van der Waals surface area (Å²) in [6.07, 6.45) is 0. The SMILES string of the molecule is CCN(CCOC)S(=O)(=O)NC(=NC)N1CC(O)(c2ccccc2)C(c2ccc(OCC(=O)O)cc2)=N1. The van der Waals surface area contributed by atoms with Crippen LogP contribution in [0.25, 0.3) is 0 Å². The van der Waals surface area contributed by atoms with Crippen molar-refractivity contribution in [2.75, 3.05) is 47.0 Å². The first kappa shape index (κ1) is 28.1. The van der Waals surface area contributed by atoms with Crippen LogP contribution in [0.15, 0.2) is 64.7 Å². The number of guanidine groups is 1. The highest BCUT2D eigenvalue weighted by molar-refractivity contribution is 7.87. The van der Waals surface area contributed by atoms with Crippen LogP contribution >= 0.6 is 0 Å². The fourth-order valence-corrected chi connectivity index (χ4v) is 4.99. The summed E-state index contributed by atoms with van der Waals surface area (Å²) in [5.41, 5.74) is -0.260. The van der Waals surface area contributed by atoms with Crippen LogP contribution in [0.5, 0.6) is 5.75 Å². The first-order chi connectivity index (χ1) is 17.6. The predicted molar refractivity (Wildman–Crippen MR) is 138 cm³/mol. The summed E-state index contributed by atoms with van der Waals surface area (Å²) in [5.74, 6) is -0.832. The molecule has 1 heterocycles. The molecule has 0 radical (unpaired) electrons. The van der Waals surface area contributed by atoms with Gasteiger partial charge in [-0.05, 0) is 29.8 Å². The Labute approximate surface area is 216 Å². The van der Waals surface area contributed by atoms with Gasteiger partial charge in [0.15, 0.2) is 12.2 Å². The summed E-state index contributed by atoms with van der Waals surface area (Å²) in [6, 6.07) is 15.3. The van der Waals surface area contributed by atoms with E-state index in [2.05, 4.69) is 14.8 Å². The minimum absolute atomic E-state index is 0.0679. The molecule has 0 spiro atoms. The van der Waals surface area contributed by atoms with Crippen molar-refractivity contribution in [1.82, 2.24) is 14.0 Å². The lowest BCUT2D eigenvalue weighted by molar-refractivity contribution is -0.139. The Hall–Kier alpha value is -3.52. The molecule has 1 aliphatic rings. The number of nitrogens with zero attached hydrogens (tertiary/aromatic N) is 4. The fourth-order valence-electron chi connectivity index (χ4n) is 3.78. The average Bonchev–Trinajstić information content (AvgIpc) is 3.25. The number of hydrazone groups is 1. The third kappa shape index (κ3) is 6.63. The van der Waals surface area contributed by atoms with Crippen molar-refractivity contribution in [2.24, 2.45) is 10.1 Å². The molecule has 13 heteroatoms. The first-order valence-corrected chi connectivity index (χ1v) is 12.9. The van der Waals surface area contributed by atoms with Crippen molar-refractivity contribution in [3.63, 3.8) is 0 Å². The van der Waals surface area contributed by atoms with Gasteiger partial charge in [-0.3, -0.25) is 4.99 Å². The number of rotatable bonds is 11. The molecular formula is C24H31N5O7S. The highest BCUT2D eigenvalue weighted by Gasteiger charge is 2.45. The number of aliphatic carboxylic acids is 1. The molecule has 1 atom stereocenters. The molecule has 37 heavy (non-hydrogen) atoms. The van der Waals surface area contributed by atoms with E-state index in [0.717, 1.165) is 0 Å². The van der Waals surface area contributed by atoms with Crippen LogP contribution in [0.3, 0.4) is 0 Å². The Morgan fingerprint density at radius 3 is 2.46 bits per heavy atom. The Balaban J connectivity index is 1.95. The van der Waals surface area contributed by atoms with Crippen molar-refractivity contribution in [1.29, 1.82) is 0 Å². The third-order valence-corrected chi connectivity index (χ3v) is 7.21. The van der Waals surface area contributed by atoms with E-state index < -0.39 is 28.4 Å². The molecule has 3 rings (SSSR count). The third-order valence-electron chi connectivity index (χ3n) is 5.65. The van der Waals surface area contributed by atoms with E-state index in [-0.39, 0.29) is 37.9 Å². The van der Waals surface area contributed by atoms with Crippen molar-refractivity contribution in [3.05, 3.63) is 65.7 Å². The van der Waals surface area contributed by atoms with Gasteiger partial charge < -0.3 is 19.7 Å². The molecule has 0 amide bonds. The maximum absolute atomic E-state index is 13.0. The minimum atomic E-state index is -3.98. The number of nitrogens with one attached hydrogen (secondary N) is 1. The average molecular weight is 534 g/mol. The molecule has 2 aromatic rings. The Morgan fingerprint density at radius 2 is 1.89 bits per heavy atom. The van der Waals surface area contributed by atoms with Gasteiger partial charge in [-0.15, -0.1) is 0 Å². The van der Waals surface area contributed by atoms with Gasteiger partial charge in [-0.1, -0.05) is 37.3 Å². The molecule has 1 unspecified atom stereocenters. The van der Waals surface area contributed by atoms with Crippen LogP contribution < -0.4 is 9.46 Å². The van der Waals surface area contributed by atoms with Gasteiger partial charge in [0.1, 0.15) is 11.5 Å². The molecule has 0 bridgehead atoms. The van der Waals surface area contributed by atoms with E-state index >= 15 is 0 Å². The number of hydrogen-bond donors (Lipinski definition) is 3. The number of aliphatic imine (C=N–C) groups is 1. The van der Waals surface area contributed by atoms with Crippen LogP contribution in [-0.2, 0) is 25.3 Å². The largest absolute Gasteiger partial charge is 0.482 e. The second-order valence-electron chi connectivity index (χ2n) is 8.08. The van der Waals surface area contributed by atoms with Crippen molar-refractivity contribution in [2.45, 2.75) is 12.5 Å². The van der Waals surface area contributed by atoms with E-state index in [4.69, 9.17) is 14.6 Å². The normalized spacial score (nSPS) is 18.1. The fraction of sp³-hybridized carbons (Fsp3) is 0.375. The zero-order valence-corrected chi connectivity index (χ0v) is 21.7.